The Kier molecular flexibility index (Phi) is 5.63. The van der Waals surface area contributed by atoms with E-state index in [0.717, 1.165) is 43.7 Å². The SMILES string of the molecule is CC(CCN1CCOCC1)NC(=O)c1cc(Br)cn1C. The van der Waals surface area contributed by atoms with Crippen LogP contribution in [0.15, 0.2) is 16.7 Å². The minimum absolute atomic E-state index is 0.0207. The zero-order chi connectivity index (χ0) is 14.5. The number of amides is 1. The first-order valence-electron chi connectivity index (χ1n) is 6.99. The number of hydrogen-bond acceptors (Lipinski definition) is 3. The lowest BCUT2D eigenvalue weighted by Gasteiger charge is -2.27. The van der Waals surface area contributed by atoms with E-state index in [9.17, 15) is 4.79 Å². The van der Waals surface area contributed by atoms with E-state index in [1.165, 1.54) is 0 Å². The largest absolute Gasteiger partial charge is 0.379 e. The van der Waals surface area contributed by atoms with Gasteiger partial charge in [-0.3, -0.25) is 9.69 Å². The molecule has 1 N–H and O–H groups in total. The summed E-state index contributed by atoms with van der Waals surface area (Å²) >= 11 is 3.38. The smallest absolute Gasteiger partial charge is 0.268 e. The Morgan fingerprint density at radius 3 is 2.80 bits per heavy atom. The van der Waals surface area contributed by atoms with Gasteiger partial charge in [-0.2, -0.15) is 0 Å². The van der Waals surface area contributed by atoms with Crippen LogP contribution in [0.2, 0.25) is 0 Å². The first-order valence-corrected chi connectivity index (χ1v) is 7.78. The molecule has 1 unspecified atom stereocenters. The number of carbonyl (C=O) groups excluding carboxylic acids is 1. The molecular formula is C14H22BrN3O2. The van der Waals surface area contributed by atoms with E-state index in [2.05, 4.69) is 33.1 Å². The van der Waals surface area contributed by atoms with Crippen molar-refractivity contribution >= 4 is 21.8 Å². The Morgan fingerprint density at radius 2 is 2.20 bits per heavy atom. The van der Waals surface area contributed by atoms with Crippen molar-refractivity contribution in [1.82, 2.24) is 14.8 Å². The van der Waals surface area contributed by atoms with Crippen molar-refractivity contribution in [3.05, 3.63) is 22.4 Å². The van der Waals surface area contributed by atoms with Crippen LogP contribution in [-0.2, 0) is 11.8 Å². The average molecular weight is 344 g/mol. The third-order valence-corrected chi connectivity index (χ3v) is 4.00. The maximum Gasteiger partial charge on any atom is 0.268 e. The van der Waals surface area contributed by atoms with E-state index in [1.807, 2.05) is 23.9 Å². The maximum absolute atomic E-state index is 12.2. The first kappa shape index (κ1) is 15.5. The van der Waals surface area contributed by atoms with E-state index in [1.54, 1.807) is 0 Å². The standard InChI is InChI=1S/C14H22BrN3O2/c1-11(3-4-18-5-7-20-8-6-18)16-14(19)13-9-12(15)10-17(13)2/h9-11H,3-8H2,1-2H3,(H,16,19). The molecule has 1 fully saturated rings. The highest BCUT2D eigenvalue weighted by Gasteiger charge is 2.15. The zero-order valence-electron chi connectivity index (χ0n) is 12.1. The molecule has 1 saturated heterocycles. The number of nitrogens with zero attached hydrogens (tertiary/aromatic N) is 2. The number of halogens is 1. The molecule has 0 bridgehead atoms. The van der Waals surface area contributed by atoms with Crippen LogP contribution in [0.5, 0.6) is 0 Å². The number of rotatable bonds is 5. The van der Waals surface area contributed by atoms with E-state index < -0.39 is 0 Å². The average Bonchev–Trinajstić information content (AvgIpc) is 2.77. The van der Waals surface area contributed by atoms with Crippen molar-refractivity contribution in [2.24, 2.45) is 7.05 Å². The minimum atomic E-state index is -0.0207. The maximum atomic E-state index is 12.2. The van der Waals surface area contributed by atoms with Crippen LogP contribution in [0.1, 0.15) is 23.8 Å². The van der Waals surface area contributed by atoms with E-state index in [0.29, 0.717) is 5.69 Å². The lowest BCUT2D eigenvalue weighted by Crippen LogP contribution is -2.40. The molecule has 1 aliphatic rings. The van der Waals surface area contributed by atoms with Gasteiger partial charge in [0.15, 0.2) is 0 Å². The molecule has 1 aromatic heterocycles. The normalized spacial score (nSPS) is 17.9. The van der Waals surface area contributed by atoms with Crippen LogP contribution in [0, 0.1) is 0 Å². The highest BCUT2D eigenvalue weighted by molar-refractivity contribution is 9.10. The fourth-order valence-electron chi connectivity index (χ4n) is 2.32. The van der Waals surface area contributed by atoms with Gasteiger partial charge < -0.3 is 14.6 Å². The molecule has 6 heteroatoms. The van der Waals surface area contributed by atoms with Crippen molar-refractivity contribution in [3.63, 3.8) is 0 Å². The number of nitrogens with one attached hydrogen (secondary N) is 1. The second-order valence-electron chi connectivity index (χ2n) is 5.27. The fourth-order valence-corrected chi connectivity index (χ4v) is 2.84. The summed E-state index contributed by atoms with van der Waals surface area (Å²) in [5.41, 5.74) is 0.676. The molecule has 0 saturated carbocycles. The summed E-state index contributed by atoms with van der Waals surface area (Å²) in [6, 6.07) is 2.00. The molecule has 0 aliphatic carbocycles. The van der Waals surface area contributed by atoms with Crippen LogP contribution in [0.25, 0.3) is 0 Å². The van der Waals surface area contributed by atoms with Crippen LogP contribution >= 0.6 is 15.9 Å². The molecule has 0 aromatic carbocycles. The Hall–Kier alpha value is -0.850. The van der Waals surface area contributed by atoms with Crippen LogP contribution in [-0.4, -0.2) is 54.3 Å². The van der Waals surface area contributed by atoms with Gasteiger partial charge in [0.05, 0.1) is 13.2 Å². The number of morpholine rings is 1. The van der Waals surface area contributed by atoms with Crippen molar-refractivity contribution in [2.45, 2.75) is 19.4 Å². The summed E-state index contributed by atoms with van der Waals surface area (Å²) in [5, 5.41) is 3.05. The van der Waals surface area contributed by atoms with Gasteiger partial charge in [-0.1, -0.05) is 0 Å². The first-order chi connectivity index (χ1) is 9.56. The monoisotopic (exact) mass is 343 g/mol. The van der Waals surface area contributed by atoms with Gasteiger partial charge in [0.1, 0.15) is 5.69 Å². The zero-order valence-corrected chi connectivity index (χ0v) is 13.6. The number of carbonyl (C=O) groups is 1. The highest BCUT2D eigenvalue weighted by atomic mass is 79.9. The predicted molar refractivity (Wildman–Crippen MR) is 81.9 cm³/mol. The summed E-state index contributed by atoms with van der Waals surface area (Å²) < 4.78 is 8.08. The predicted octanol–water partition coefficient (Wildman–Crippen LogP) is 1.63. The van der Waals surface area contributed by atoms with Gasteiger partial charge in [-0.05, 0) is 35.3 Å². The molecule has 1 aromatic rings. The second kappa shape index (κ2) is 7.24. The number of aromatic nitrogens is 1. The molecule has 1 aliphatic heterocycles. The van der Waals surface area contributed by atoms with E-state index in [-0.39, 0.29) is 11.9 Å². The second-order valence-corrected chi connectivity index (χ2v) is 6.19. The van der Waals surface area contributed by atoms with Gasteiger partial charge in [0, 0.05) is 43.4 Å². The van der Waals surface area contributed by atoms with Crippen molar-refractivity contribution < 1.29 is 9.53 Å². The van der Waals surface area contributed by atoms with Gasteiger partial charge in [0.25, 0.3) is 5.91 Å². The van der Waals surface area contributed by atoms with Crippen molar-refractivity contribution in [1.29, 1.82) is 0 Å². The third kappa shape index (κ3) is 4.33. The van der Waals surface area contributed by atoms with Crippen molar-refractivity contribution in [2.75, 3.05) is 32.8 Å². The molecule has 2 heterocycles. The summed E-state index contributed by atoms with van der Waals surface area (Å²) in [6.07, 6.45) is 2.84. The molecule has 2 rings (SSSR count). The van der Waals surface area contributed by atoms with Gasteiger partial charge in [0.2, 0.25) is 0 Å². The number of hydrogen-bond donors (Lipinski definition) is 1. The molecule has 0 radical (unpaired) electrons. The molecule has 5 nitrogen and oxygen atoms in total. The third-order valence-electron chi connectivity index (χ3n) is 3.56. The molecule has 1 atom stereocenters. The minimum Gasteiger partial charge on any atom is -0.379 e. The van der Waals surface area contributed by atoms with E-state index in [4.69, 9.17) is 4.74 Å². The molecule has 1 amide bonds. The summed E-state index contributed by atoms with van der Waals surface area (Å²) in [6.45, 7) is 6.67. The Bertz CT molecular complexity index is 455. The fraction of sp³-hybridized carbons (Fsp3) is 0.643. The Morgan fingerprint density at radius 1 is 1.50 bits per heavy atom. The summed E-state index contributed by atoms with van der Waals surface area (Å²) in [4.78, 5) is 14.5. The van der Waals surface area contributed by atoms with Crippen molar-refractivity contribution in [3.8, 4) is 0 Å². The number of ether oxygens (including phenoxy) is 1. The summed E-state index contributed by atoms with van der Waals surface area (Å²) in [7, 11) is 1.87. The Balaban J connectivity index is 1.77. The lowest BCUT2D eigenvalue weighted by atomic mass is 10.2. The van der Waals surface area contributed by atoms with Gasteiger partial charge >= 0.3 is 0 Å². The highest BCUT2D eigenvalue weighted by Crippen LogP contribution is 2.13. The molecular weight excluding hydrogens is 322 g/mol. The number of aryl methyl sites for hydroxylation is 1. The van der Waals surface area contributed by atoms with Crippen LogP contribution in [0.4, 0.5) is 0 Å². The van der Waals surface area contributed by atoms with Crippen LogP contribution in [0.3, 0.4) is 0 Å². The topological polar surface area (TPSA) is 46.5 Å². The van der Waals surface area contributed by atoms with E-state index >= 15 is 0 Å². The van der Waals surface area contributed by atoms with Crippen LogP contribution < -0.4 is 5.32 Å². The molecule has 112 valence electrons. The van der Waals surface area contributed by atoms with Gasteiger partial charge in [-0.15, -0.1) is 0 Å². The molecule has 20 heavy (non-hydrogen) atoms. The van der Waals surface area contributed by atoms with Gasteiger partial charge in [-0.25, -0.2) is 0 Å². The molecule has 0 spiro atoms. The summed E-state index contributed by atoms with van der Waals surface area (Å²) in [5.74, 6) is -0.0207. The Labute approximate surface area is 128 Å². The quantitative estimate of drug-likeness (QED) is 0.883. The lowest BCUT2D eigenvalue weighted by molar-refractivity contribution is 0.0363.